The third-order valence-electron chi connectivity index (χ3n) is 4.39. The number of nitrogens with zero attached hydrogens (tertiary/aromatic N) is 1. The number of hydrogen-bond acceptors (Lipinski definition) is 2. The topological polar surface area (TPSA) is 15.3 Å². The number of hydrogen-bond donors (Lipinski definition) is 1. The van der Waals surface area contributed by atoms with Crippen LogP contribution in [0.1, 0.15) is 52.4 Å². The average molecular weight is 224 g/mol. The van der Waals surface area contributed by atoms with E-state index >= 15 is 0 Å². The molecule has 16 heavy (non-hydrogen) atoms. The van der Waals surface area contributed by atoms with Crippen LogP contribution in [0, 0.1) is 5.92 Å². The van der Waals surface area contributed by atoms with E-state index in [1.807, 2.05) is 0 Å². The van der Waals surface area contributed by atoms with Crippen LogP contribution in [0.4, 0.5) is 0 Å². The average Bonchev–Trinajstić information content (AvgIpc) is 2.72. The van der Waals surface area contributed by atoms with Gasteiger partial charge in [-0.2, -0.15) is 0 Å². The van der Waals surface area contributed by atoms with Crippen LogP contribution >= 0.6 is 0 Å². The van der Waals surface area contributed by atoms with E-state index in [4.69, 9.17) is 0 Å². The van der Waals surface area contributed by atoms with E-state index in [1.165, 1.54) is 58.2 Å². The molecule has 0 aliphatic carbocycles. The second-order valence-electron chi connectivity index (χ2n) is 5.65. The number of piperidine rings is 1. The summed E-state index contributed by atoms with van der Waals surface area (Å²) in [5.74, 6) is 0.949. The Hall–Kier alpha value is -0.0800. The van der Waals surface area contributed by atoms with Crippen LogP contribution in [0.3, 0.4) is 0 Å². The molecule has 2 nitrogen and oxygen atoms in total. The molecule has 0 bridgehead atoms. The first-order valence-electron chi connectivity index (χ1n) is 7.32. The smallest absolute Gasteiger partial charge is 0.0235 e. The number of likely N-dealkylation sites (tertiary alicyclic amines) is 1. The lowest BCUT2D eigenvalue weighted by Crippen LogP contribution is -2.41. The third kappa shape index (κ3) is 2.78. The van der Waals surface area contributed by atoms with E-state index < -0.39 is 0 Å². The first-order valence-corrected chi connectivity index (χ1v) is 7.32. The molecule has 2 atom stereocenters. The molecule has 2 heterocycles. The Kier molecular flexibility index (Phi) is 4.66. The molecule has 0 radical (unpaired) electrons. The highest BCUT2D eigenvalue weighted by Crippen LogP contribution is 2.28. The molecule has 0 aromatic carbocycles. The van der Waals surface area contributed by atoms with Crippen LogP contribution in [0.2, 0.25) is 0 Å². The van der Waals surface area contributed by atoms with Crippen molar-refractivity contribution in [3.8, 4) is 0 Å². The van der Waals surface area contributed by atoms with Crippen molar-refractivity contribution in [1.29, 1.82) is 0 Å². The van der Waals surface area contributed by atoms with Gasteiger partial charge in [0.25, 0.3) is 0 Å². The summed E-state index contributed by atoms with van der Waals surface area (Å²) >= 11 is 0. The largest absolute Gasteiger partial charge is 0.312 e. The molecule has 0 spiro atoms. The maximum Gasteiger partial charge on any atom is 0.0235 e. The third-order valence-corrected chi connectivity index (χ3v) is 4.39. The molecule has 2 aliphatic rings. The SMILES string of the molecule is CCCC(CCC)N1C[C@@H]2CCCN[C@@H]2C1. The molecule has 2 heteroatoms. The van der Waals surface area contributed by atoms with Crippen molar-refractivity contribution in [2.75, 3.05) is 19.6 Å². The zero-order chi connectivity index (χ0) is 11.4. The summed E-state index contributed by atoms with van der Waals surface area (Å²) in [5, 5.41) is 3.71. The Labute approximate surface area is 101 Å². The van der Waals surface area contributed by atoms with Crippen molar-refractivity contribution in [3.05, 3.63) is 0 Å². The van der Waals surface area contributed by atoms with Gasteiger partial charge >= 0.3 is 0 Å². The van der Waals surface area contributed by atoms with E-state index in [1.54, 1.807) is 0 Å². The Bertz CT molecular complexity index is 185. The molecule has 1 N–H and O–H groups in total. The highest BCUT2D eigenvalue weighted by molar-refractivity contribution is 4.93. The van der Waals surface area contributed by atoms with Crippen LogP contribution in [-0.4, -0.2) is 36.6 Å². The van der Waals surface area contributed by atoms with E-state index in [-0.39, 0.29) is 0 Å². The van der Waals surface area contributed by atoms with Crippen molar-refractivity contribution in [2.24, 2.45) is 5.92 Å². The van der Waals surface area contributed by atoms with Crippen molar-refractivity contribution < 1.29 is 0 Å². The fourth-order valence-electron chi connectivity index (χ4n) is 3.55. The summed E-state index contributed by atoms with van der Waals surface area (Å²) in [6.07, 6.45) is 8.31. The molecule has 2 aliphatic heterocycles. The van der Waals surface area contributed by atoms with Crippen LogP contribution in [0.15, 0.2) is 0 Å². The maximum atomic E-state index is 3.71. The molecule has 0 amide bonds. The van der Waals surface area contributed by atoms with E-state index in [0.717, 1.165) is 18.0 Å². The van der Waals surface area contributed by atoms with Crippen molar-refractivity contribution in [2.45, 2.75) is 64.5 Å². The Morgan fingerprint density at radius 1 is 1.19 bits per heavy atom. The normalized spacial score (nSPS) is 30.9. The van der Waals surface area contributed by atoms with Gasteiger partial charge < -0.3 is 5.32 Å². The lowest BCUT2D eigenvalue weighted by atomic mass is 9.94. The van der Waals surface area contributed by atoms with Gasteiger partial charge in [-0.15, -0.1) is 0 Å². The highest BCUT2D eigenvalue weighted by atomic mass is 15.2. The molecule has 0 unspecified atom stereocenters. The minimum absolute atomic E-state index is 0.810. The van der Waals surface area contributed by atoms with E-state index in [9.17, 15) is 0 Å². The Morgan fingerprint density at radius 2 is 1.94 bits per heavy atom. The molecule has 0 saturated carbocycles. The molecule has 2 saturated heterocycles. The first kappa shape index (κ1) is 12.4. The molecular weight excluding hydrogens is 196 g/mol. The van der Waals surface area contributed by atoms with Gasteiger partial charge in [0.1, 0.15) is 0 Å². The van der Waals surface area contributed by atoms with E-state index in [0.29, 0.717) is 0 Å². The Balaban J connectivity index is 1.88. The summed E-state index contributed by atoms with van der Waals surface area (Å²) in [4.78, 5) is 2.78. The summed E-state index contributed by atoms with van der Waals surface area (Å²) < 4.78 is 0. The van der Waals surface area contributed by atoms with Gasteiger partial charge in [-0.1, -0.05) is 26.7 Å². The molecule has 2 fully saturated rings. The van der Waals surface area contributed by atoms with Crippen LogP contribution in [0.25, 0.3) is 0 Å². The first-order chi connectivity index (χ1) is 7.85. The van der Waals surface area contributed by atoms with Gasteiger partial charge in [-0.3, -0.25) is 4.90 Å². The van der Waals surface area contributed by atoms with Gasteiger partial charge in [0.2, 0.25) is 0 Å². The van der Waals surface area contributed by atoms with Gasteiger partial charge in [-0.05, 0) is 38.1 Å². The van der Waals surface area contributed by atoms with Gasteiger partial charge in [0.05, 0.1) is 0 Å². The van der Waals surface area contributed by atoms with Crippen LogP contribution in [0.5, 0.6) is 0 Å². The second-order valence-corrected chi connectivity index (χ2v) is 5.65. The number of fused-ring (bicyclic) bond motifs is 1. The lowest BCUT2D eigenvalue weighted by Gasteiger charge is -2.27. The quantitative estimate of drug-likeness (QED) is 0.772. The molecule has 94 valence electrons. The molecule has 0 aromatic heterocycles. The van der Waals surface area contributed by atoms with Crippen LogP contribution < -0.4 is 5.32 Å². The van der Waals surface area contributed by atoms with Crippen molar-refractivity contribution >= 4 is 0 Å². The van der Waals surface area contributed by atoms with Gasteiger partial charge in [0.15, 0.2) is 0 Å². The standard InChI is InChI=1S/C14H28N2/c1-3-6-13(7-4-2)16-10-12-8-5-9-15-14(12)11-16/h12-15H,3-11H2,1-2H3/t12-,14+/m0/s1. The maximum absolute atomic E-state index is 3.71. The zero-order valence-corrected chi connectivity index (χ0v) is 11.0. The van der Waals surface area contributed by atoms with Gasteiger partial charge in [0, 0.05) is 25.2 Å². The number of nitrogens with one attached hydrogen (secondary N) is 1. The Morgan fingerprint density at radius 3 is 2.56 bits per heavy atom. The summed E-state index contributed by atoms with van der Waals surface area (Å²) in [7, 11) is 0. The van der Waals surface area contributed by atoms with E-state index in [2.05, 4.69) is 24.1 Å². The molecule has 0 aromatic rings. The zero-order valence-electron chi connectivity index (χ0n) is 11.0. The van der Waals surface area contributed by atoms with Crippen LogP contribution in [-0.2, 0) is 0 Å². The van der Waals surface area contributed by atoms with Crippen molar-refractivity contribution in [3.63, 3.8) is 0 Å². The minimum atomic E-state index is 0.810. The predicted molar refractivity (Wildman–Crippen MR) is 69.7 cm³/mol. The second kappa shape index (κ2) is 6.02. The highest BCUT2D eigenvalue weighted by Gasteiger charge is 2.36. The monoisotopic (exact) mass is 224 g/mol. The summed E-state index contributed by atoms with van der Waals surface area (Å²) in [6, 6.07) is 1.67. The lowest BCUT2D eigenvalue weighted by molar-refractivity contribution is 0.207. The summed E-state index contributed by atoms with van der Waals surface area (Å²) in [5.41, 5.74) is 0. The fourth-order valence-corrected chi connectivity index (χ4v) is 3.55. The molecule has 2 rings (SSSR count). The molecular formula is C14H28N2. The van der Waals surface area contributed by atoms with Crippen molar-refractivity contribution in [1.82, 2.24) is 10.2 Å². The summed E-state index contributed by atoms with van der Waals surface area (Å²) in [6.45, 7) is 8.58. The predicted octanol–water partition coefficient (Wildman–Crippen LogP) is 2.64. The fraction of sp³-hybridized carbons (Fsp3) is 1.00. The minimum Gasteiger partial charge on any atom is -0.312 e. The number of rotatable bonds is 5. The van der Waals surface area contributed by atoms with Gasteiger partial charge in [-0.25, -0.2) is 0 Å².